The van der Waals surface area contributed by atoms with Crippen LogP contribution in [-0.2, 0) is 17.8 Å². The zero-order valence-electron chi connectivity index (χ0n) is 15.3. The van der Waals surface area contributed by atoms with Crippen molar-refractivity contribution >= 4 is 23.2 Å². The van der Waals surface area contributed by atoms with Gasteiger partial charge in [-0.1, -0.05) is 48.0 Å². The number of amides is 1. The summed E-state index contributed by atoms with van der Waals surface area (Å²) in [6.07, 6.45) is 1.09. The molecule has 1 aromatic heterocycles. The number of aromatic nitrogens is 2. The average Bonchev–Trinajstić information content (AvgIpc) is 2.90. The molecule has 4 nitrogen and oxygen atoms in total. The molecule has 1 N–H and O–H groups in total. The fourth-order valence-electron chi connectivity index (χ4n) is 2.95. The number of carbonyl (C=O) groups excluding carboxylic acids is 1. The van der Waals surface area contributed by atoms with E-state index < -0.39 is 0 Å². The first-order chi connectivity index (χ1) is 12.9. The third-order valence-electron chi connectivity index (χ3n) is 4.46. The predicted molar refractivity (Wildman–Crippen MR) is 106 cm³/mol. The molecule has 3 aromatic rings. The Morgan fingerprint density at radius 1 is 1.19 bits per heavy atom. The highest BCUT2D eigenvalue weighted by Crippen LogP contribution is 2.23. The molecule has 2 aromatic carbocycles. The summed E-state index contributed by atoms with van der Waals surface area (Å²) in [7, 11) is 0. The van der Waals surface area contributed by atoms with Gasteiger partial charge in [0.25, 0.3) is 0 Å². The van der Waals surface area contributed by atoms with E-state index in [2.05, 4.69) is 10.4 Å². The molecular formula is C21H21ClFN3O. The van der Waals surface area contributed by atoms with Crippen molar-refractivity contribution in [2.45, 2.75) is 33.2 Å². The van der Waals surface area contributed by atoms with Gasteiger partial charge in [0, 0.05) is 11.4 Å². The number of aryl methyl sites for hydroxylation is 2. The number of halogens is 2. The van der Waals surface area contributed by atoms with E-state index in [0.717, 1.165) is 22.5 Å². The van der Waals surface area contributed by atoms with Gasteiger partial charge in [-0.2, -0.15) is 5.10 Å². The maximum atomic E-state index is 13.2. The third-order valence-corrected chi connectivity index (χ3v) is 4.82. The number of benzene rings is 2. The molecule has 0 unspecified atom stereocenters. The van der Waals surface area contributed by atoms with Crippen molar-refractivity contribution in [2.24, 2.45) is 0 Å². The van der Waals surface area contributed by atoms with Crippen molar-refractivity contribution in [3.05, 3.63) is 81.9 Å². The Kier molecular flexibility index (Phi) is 5.91. The first kappa shape index (κ1) is 19.1. The lowest BCUT2D eigenvalue weighted by molar-refractivity contribution is -0.116. The summed E-state index contributed by atoms with van der Waals surface area (Å²) in [5, 5.41) is 7.81. The molecule has 27 heavy (non-hydrogen) atoms. The van der Waals surface area contributed by atoms with Gasteiger partial charge in [0.15, 0.2) is 0 Å². The van der Waals surface area contributed by atoms with Gasteiger partial charge in [0.05, 0.1) is 23.6 Å². The van der Waals surface area contributed by atoms with E-state index >= 15 is 0 Å². The molecule has 0 radical (unpaired) electrons. The molecule has 3 rings (SSSR count). The van der Waals surface area contributed by atoms with E-state index in [1.165, 1.54) is 12.1 Å². The summed E-state index contributed by atoms with van der Waals surface area (Å²) in [5.74, 6) is -0.423. The second kappa shape index (κ2) is 8.35. The second-order valence-electron chi connectivity index (χ2n) is 6.47. The quantitative estimate of drug-likeness (QED) is 0.655. The summed E-state index contributed by atoms with van der Waals surface area (Å²) in [6.45, 7) is 4.15. The zero-order valence-corrected chi connectivity index (χ0v) is 16.1. The van der Waals surface area contributed by atoms with E-state index in [0.29, 0.717) is 30.1 Å². The first-order valence-corrected chi connectivity index (χ1v) is 9.13. The minimum absolute atomic E-state index is 0.0515. The Bertz CT molecular complexity index is 954. The number of nitrogens with zero attached hydrogens (tertiary/aromatic N) is 2. The number of rotatable bonds is 6. The first-order valence-electron chi connectivity index (χ1n) is 8.75. The molecule has 1 heterocycles. The molecule has 140 valence electrons. The maximum absolute atomic E-state index is 13.2. The average molecular weight is 386 g/mol. The van der Waals surface area contributed by atoms with Crippen LogP contribution in [0.2, 0.25) is 5.02 Å². The lowest BCUT2D eigenvalue weighted by atomic mass is 10.1. The molecule has 0 aliphatic rings. The molecular weight excluding hydrogens is 365 g/mol. The molecule has 0 bridgehead atoms. The predicted octanol–water partition coefficient (Wildman–Crippen LogP) is 4.91. The van der Waals surface area contributed by atoms with Gasteiger partial charge in [-0.25, -0.2) is 4.39 Å². The summed E-state index contributed by atoms with van der Waals surface area (Å²) >= 11 is 6.11. The summed E-state index contributed by atoms with van der Waals surface area (Å²) in [4.78, 5) is 12.3. The van der Waals surface area contributed by atoms with Gasteiger partial charge in [-0.15, -0.1) is 0 Å². The normalized spacial score (nSPS) is 10.8. The summed E-state index contributed by atoms with van der Waals surface area (Å²) in [6, 6.07) is 14.2. The van der Waals surface area contributed by atoms with Gasteiger partial charge in [-0.05, 0) is 43.5 Å². The van der Waals surface area contributed by atoms with Crippen LogP contribution in [0.25, 0.3) is 0 Å². The van der Waals surface area contributed by atoms with Crippen LogP contribution in [0.4, 0.5) is 10.1 Å². The van der Waals surface area contributed by atoms with Gasteiger partial charge >= 0.3 is 0 Å². The topological polar surface area (TPSA) is 46.9 Å². The van der Waals surface area contributed by atoms with Gasteiger partial charge < -0.3 is 5.32 Å². The molecule has 1 amide bonds. The number of hydrogen-bond donors (Lipinski definition) is 1. The van der Waals surface area contributed by atoms with E-state index in [1.54, 1.807) is 10.7 Å². The molecule has 0 spiro atoms. The second-order valence-corrected chi connectivity index (χ2v) is 6.88. The van der Waals surface area contributed by atoms with Gasteiger partial charge in [0.1, 0.15) is 5.82 Å². The highest BCUT2D eigenvalue weighted by Gasteiger charge is 2.15. The number of hydrogen-bond acceptors (Lipinski definition) is 2. The van der Waals surface area contributed by atoms with E-state index in [-0.39, 0.29) is 11.7 Å². The van der Waals surface area contributed by atoms with Crippen LogP contribution < -0.4 is 5.32 Å². The highest BCUT2D eigenvalue weighted by molar-refractivity contribution is 6.31. The van der Waals surface area contributed by atoms with Crippen LogP contribution in [-0.4, -0.2) is 15.7 Å². The molecule has 6 heteroatoms. The van der Waals surface area contributed by atoms with Crippen molar-refractivity contribution in [3.8, 4) is 0 Å². The lowest BCUT2D eigenvalue weighted by Crippen LogP contribution is -2.14. The monoisotopic (exact) mass is 385 g/mol. The van der Waals surface area contributed by atoms with E-state index in [4.69, 9.17) is 11.6 Å². The molecule has 0 atom stereocenters. The van der Waals surface area contributed by atoms with Crippen molar-refractivity contribution in [1.82, 2.24) is 9.78 Å². The Morgan fingerprint density at radius 3 is 2.63 bits per heavy atom. The Balaban J connectivity index is 1.68. The van der Waals surface area contributed by atoms with E-state index in [9.17, 15) is 9.18 Å². The van der Waals surface area contributed by atoms with Crippen molar-refractivity contribution < 1.29 is 9.18 Å². The Hall–Kier alpha value is -2.66. The molecule has 0 saturated heterocycles. The number of anilines is 1. The van der Waals surface area contributed by atoms with E-state index in [1.807, 2.05) is 44.2 Å². The van der Waals surface area contributed by atoms with Crippen molar-refractivity contribution in [3.63, 3.8) is 0 Å². The zero-order chi connectivity index (χ0) is 19.4. The summed E-state index contributed by atoms with van der Waals surface area (Å²) < 4.78 is 15.0. The Morgan fingerprint density at radius 2 is 1.93 bits per heavy atom. The van der Waals surface area contributed by atoms with Crippen LogP contribution in [0.3, 0.4) is 0 Å². The fraction of sp³-hybridized carbons (Fsp3) is 0.238. The SMILES string of the molecule is Cc1nn(Cc2ccc(F)cc2Cl)c(C)c1NC(=O)CCc1ccccc1. The molecule has 0 fully saturated rings. The van der Waals surface area contributed by atoms with Crippen LogP contribution >= 0.6 is 11.6 Å². The van der Waals surface area contributed by atoms with Crippen LogP contribution in [0, 0.1) is 19.7 Å². The highest BCUT2D eigenvalue weighted by atomic mass is 35.5. The maximum Gasteiger partial charge on any atom is 0.224 e. The minimum Gasteiger partial charge on any atom is -0.323 e. The van der Waals surface area contributed by atoms with Crippen LogP contribution in [0.15, 0.2) is 48.5 Å². The molecule has 0 aliphatic carbocycles. The standard InChI is InChI=1S/C21H21ClFN3O/c1-14-21(24-20(27)11-8-16-6-4-3-5-7-16)15(2)26(25-14)13-17-9-10-18(23)12-19(17)22/h3-7,9-10,12H,8,11,13H2,1-2H3,(H,24,27). The minimum atomic E-state index is -0.372. The van der Waals surface area contributed by atoms with Crippen LogP contribution in [0.5, 0.6) is 0 Å². The fourth-order valence-corrected chi connectivity index (χ4v) is 3.17. The van der Waals surface area contributed by atoms with Gasteiger partial charge in [0.2, 0.25) is 5.91 Å². The lowest BCUT2D eigenvalue weighted by Gasteiger charge is -2.09. The van der Waals surface area contributed by atoms with Crippen molar-refractivity contribution in [2.75, 3.05) is 5.32 Å². The van der Waals surface area contributed by atoms with Gasteiger partial charge in [-0.3, -0.25) is 9.48 Å². The van der Waals surface area contributed by atoms with Crippen LogP contribution in [0.1, 0.15) is 28.9 Å². The molecule has 0 saturated carbocycles. The number of nitrogens with one attached hydrogen (secondary N) is 1. The summed E-state index contributed by atoms with van der Waals surface area (Å²) in [5.41, 5.74) is 4.18. The molecule has 0 aliphatic heterocycles. The van der Waals surface area contributed by atoms with Crippen molar-refractivity contribution in [1.29, 1.82) is 0 Å². The Labute approximate surface area is 163 Å². The third kappa shape index (κ3) is 4.74. The largest absolute Gasteiger partial charge is 0.323 e. The smallest absolute Gasteiger partial charge is 0.224 e. The number of carbonyl (C=O) groups is 1.